The lowest BCUT2D eigenvalue weighted by Crippen LogP contribution is -2.28. The smallest absolute Gasteiger partial charge is 0.159 e. The third kappa shape index (κ3) is 3.62. The van der Waals surface area contributed by atoms with E-state index in [2.05, 4.69) is 11.5 Å². The molecule has 0 saturated heterocycles. The Balaban J connectivity index is 2.07. The molecule has 3 N–H and O–H groups in total. The SMILES string of the molecule is Cc1cccc(CCC(NN)c2ccc(F)c(F)c2)c1. The van der Waals surface area contributed by atoms with Crippen LogP contribution in [0, 0.1) is 18.6 Å². The third-order valence-electron chi connectivity index (χ3n) is 3.35. The van der Waals surface area contributed by atoms with Gasteiger partial charge >= 0.3 is 0 Å². The van der Waals surface area contributed by atoms with Gasteiger partial charge in [-0.25, -0.2) is 8.78 Å². The number of halogens is 2. The van der Waals surface area contributed by atoms with Gasteiger partial charge in [0, 0.05) is 6.04 Å². The van der Waals surface area contributed by atoms with Crippen LogP contribution in [0.25, 0.3) is 0 Å². The number of aryl methyl sites for hydroxylation is 2. The Morgan fingerprint density at radius 3 is 2.55 bits per heavy atom. The van der Waals surface area contributed by atoms with Crippen LogP contribution in [0.2, 0.25) is 0 Å². The van der Waals surface area contributed by atoms with E-state index in [9.17, 15) is 8.78 Å². The lowest BCUT2D eigenvalue weighted by atomic mass is 9.98. The summed E-state index contributed by atoms with van der Waals surface area (Å²) in [5, 5.41) is 0. The Kier molecular flexibility index (Phi) is 4.82. The van der Waals surface area contributed by atoms with Gasteiger partial charge in [-0.3, -0.25) is 11.3 Å². The van der Waals surface area contributed by atoms with Crippen LogP contribution in [-0.4, -0.2) is 0 Å². The summed E-state index contributed by atoms with van der Waals surface area (Å²) in [5.41, 5.74) is 5.72. The summed E-state index contributed by atoms with van der Waals surface area (Å²) in [6.07, 6.45) is 1.53. The van der Waals surface area contributed by atoms with Crippen molar-refractivity contribution < 1.29 is 8.78 Å². The van der Waals surface area contributed by atoms with Crippen molar-refractivity contribution in [1.29, 1.82) is 0 Å². The molecule has 1 unspecified atom stereocenters. The lowest BCUT2D eigenvalue weighted by molar-refractivity contribution is 0.488. The fraction of sp³-hybridized carbons (Fsp3) is 0.250. The summed E-state index contributed by atoms with van der Waals surface area (Å²) in [5.74, 6) is 3.83. The quantitative estimate of drug-likeness (QED) is 0.649. The van der Waals surface area contributed by atoms with Gasteiger partial charge in [-0.05, 0) is 43.0 Å². The van der Waals surface area contributed by atoms with Gasteiger partial charge in [0.25, 0.3) is 0 Å². The molecule has 1 atom stereocenters. The maximum atomic E-state index is 13.2. The van der Waals surface area contributed by atoms with E-state index in [1.807, 2.05) is 25.1 Å². The fourth-order valence-electron chi connectivity index (χ4n) is 2.25. The number of hydrogen-bond acceptors (Lipinski definition) is 2. The first kappa shape index (κ1) is 14.6. The van der Waals surface area contributed by atoms with Gasteiger partial charge in [0.2, 0.25) is 0 Å². The van der Waals surface area contributed by atoms with E-state index in [0.29, 0.717) is 12.0 Å². The summed E-state index contributed by atoms with van der Waals surface area (Å²) in [4.78, 5) is 0. The molecule has 2 rings (SSSR count). The van der Waals surface area contributed by atoms with Crippen LogP contribution in [0.5, 0.6) is 0 Å². The zero-order valence-electron chi connectivity index (χ0n) is 11.4. The van der Waals surface area contributed by atoms with Crippen molar-refractivity contribution in [2.24, 2.45) is 5.84 Å². The highest BCUT2D eigenvalue weighted by molar-refractivity contribution is 5.24. The highest BCUT2D eigenvalue weighted by Crippen LogP contribution is 2.21. The first-order valence-corrected chi connectivity index (χ1v) is 6.57. The van der Waals surface area contributed by atoms with Crippen molar-refractivity contribution >= 4 is 0 Å². The molecule has 0 aliphatic carbocycles. The Labute approximate surface area is 117 Å². The number of hydrazine groups is 1. The maximum Gasteiger partial charge on any atom is 0.159 e. The summed E-state index contributed by atoms with van der Waals surface area (Å²) >= 11 is 0. The summed E-state index contributed by atoms with van der Waals surface area (Å²) < 4.78 is 26.2. The molecule has 2 aromatic carbocycles. The first-order chi connectivity index (χ1) is 9.60. The molecule has 0 aliphatic heterocycles. The van der Waals surface area contributed by atoms with Crippen LogP contribution in [0.15, 0.2) is 42.5 Å². The minimum atomic E-state index is -0.849. The minimum absolute atomic E-state index is 0.203. The maximum absolute atomic E-state index is 13.2. The van der Waals surface area contributed by atoms with Gasteiger partial charge in [-0.1, -0.05) is 35.9 Å². The Bertz CT molecular complexity index is 584. The molecule has 0 amide bonds. The zero-order valence-corrected chi connectivity index (χ0v) is 11.4. The Morgan fingerprint density at radius 1 is 1.10 bits per heavy atom. The molecular weight excluding hydrogens is 258 g/mol. The number of nitrogens with one attached hydrogen (secondary N) is 1. The topological polar surface area (TPSA) is 38.0 Å². The molecule has 0 radical (unpaired) electrons. The molecule has 0 spiro atoms. The molecule has 0 aliphatic rings. The second-order valence-corrected chi connectivity index (χ2v) is 4.92. The minimum Gasteiger partial charge on any atom is -0.271 e. The molecular formula is C16H18F2N2. The van der Waals surface area contributed by atoms with Crippen molar-refractivity contribution in [2.75, 3.05) is 0 Å². The summed E-state index contributed by atoms with van der Waals surface area (Å²) in [7, 11) is 0. The van der Waals surface area contributed by atoms with Crippen LogP contribution < -0.4 is 11.3 Å². The fourth-order valence-corrected chi connectivity index (χ4v) is 2.25. The second kappa shape index (κ2) is 6.59. The van der Waals surface area contributed by atoms with Gasteiger partial charge in [0.1, 0.15) is 0 Å². The molecule has 106 valence electrons. The number of hydrogen-bond donors (Lipinski definition) is 2. The van der Waals surface area contributed by atoms with Crippen molar-refractivity contribution in [2.45, 2.75) is 25.8 Å². The van der Waals surface area contributed by atoms with Crippen LogP contribution in [0.3, 0.4) is 0 Å². The Hall–Kier alpha value is -1.78. The van der Waals surface area contributed by atoms with E-state index in [0.717, 1.165) is 12.5 Å². The van der Waals surface area contributed by atoms with Gasteiger partial charge in [-0.2, -0.15) is 0 Å². The van der Waals surface area contributed by atoms with Crippen LogP contribution >= 0.6 is 0 Å². The number of benzene rings is 2. The van der Waals surface area contributed by atoms with E-state index >= 15 is 0 Å². The average Bonchev–Trinajstić information content (AvgIpc) is 2.43. The van der Waals surface area contributed by atoms with Gasteiger partial charge in [0.15, 0.2) is 11.6 Å². The highest BCUT2D eigenvalue weighted by atomic mass is 19.2. The van der Waals surface area contributed by atoms with Gasteiger partial charge < -0.3 is 0 Å². The van der Waals surface area contributed by atoms with Crippen LogP contribution in [0.1, 0.15) is 29.2 Å². The molecule has 20 heavy (non-hydrogen) atoms. The molecule has 0 bridgehead atoms. The predicted octanol–water partition coefficient (Wildman–Crippen LogP) is 3.41. The molecule has 0 fully saturated rings. The average molecular weight is 276 g/mol. The molecule has 2 nitrogen and oxygen atoms in total. The summed E-state index contributed by atoms with van der Waals surface area (Å²) in [6.45, 7) is 2.04. The second-order valence-electron chi connectivity index (χ2n) is 4.92. The third-order valence-corrected chi connectivity index (χ3v) is 3.35. The van der Waals surface area contributed by atoms with E-state index in [1.165, 1.54) is 17.2 Å². The number of nitrogens with two attached hydrogens (primary N) is 1. The van der Waals surface area contributed by atoms with Gasteiger partial charge in [0.05, 0.1) is 0 Å². The van der Waals surface area contributed by atoms with Crippen molar-refractivity contribution in [3.8, 4) is 0 Å². The van der Waals surface area contributed by atoms with E-state index in [1.54, 1.807) is 6.07 Å². The molecule has 4 heteroatoms. The van der Waals surface area contributed by atoms with Crippen molar-refractivity contribution in [1.82, 2.24) is 5.43 Å². The van der Waals surface area contributed by atoms with Gasteiger partial charge in [-0.15, -0.1) is 0 Å². The molecule has 0 aromatic heterocycles. The number of rotatable bonds is 5. The van der Waals surface area contributed by atoms with E-state index in [4.69, 9.17) is 5.84 Å². The molecule has 0 heterocycles. The Morgan fingerprint density at radius 2 is 1.90 bits per heavy atom. The standard InChI is InChI=1S/C16H18F2N2/c1-11-3-2-4-12(9-11)5-8-16(20-19)13-6-7-14(17)15(18)10-13/h2-4,6-7,9-10,16,20H,5,8,19H2,1H3. The molecule has 0 saturated carbocycles. The largest absolute Gasteiger partial charge is 0.271 e. The van der Waals surface area contributed by atoms with Crippen LogP contribution in [0.4, 0.5) is 8.78 Å². The first-order valence-electron chi connectivity index (χ1n) is 6.57. The highest BCUT2D eigenvalue weighted by Gasteiger charge is 2.12. The normalized spacial score (nSPS) is 12.4. The zero-order chi connectivity index (χ0) is 14.5. The van der Waals surface area contributed by atoms with E-state index < -0.39 is 11.6 Å². The molecule has 2 aromatic rings. The van der Waals surface area contributed by atoms with Crippen molar-refractivity contribution in [3.63, 3.8) is 0 Å². The van der Waals surface area contributed by atoms with Crippen molar-refractivity contribution in [3.05, 3.63) is 70.8 Å². The van der Waals surface area contributed by atoms with E-state index in [-0.39, 0.29) is 6.04 Å². The predicted molar refractivity (Wildman–Crippen MR) is 75.9 cm³/mol. The monoisotopic (exact) mass is 276 g/mol. The lowest BCUT2D eigenvalue weighted by Gasteiger charge is -2.16. The van der Waals surface area contributed by atoms with Crippen LogP contribution in [-0.2, 0) is 6.42 Å². The summed E-state index contributed by atoms with van der Waals surface area (Å²) in [6, 6.07) is 11.9.